The maximum absolute atomic E-state index is 13.2. The summed E-state index contributed by atoms with van der Waals surface area (Å²) in [5, 5.41) is 1.35. The van der Waals surface area contributed by atoms with E-state index in [4.69, 9.17) is 0 Å². The summed E-state index contributed by atoms with van der Waals surface area (Å²) < 4.78 is 2.30. The van der Waals surface area contributed by atoms with Crippen LogP contribution in [0.5, 0.6) is 0 Å². The lowest BCUT2D eigenvalue weighted by Gasteiger charge is -2.43. The van der Waals surface area contributed by atoms with E-state index < -0.39 is 0 Å². The van der Waals surface area contributed by atoms with Crippen molar-refractivity contribution < 1.29 is 4.79 Å². The van der Waals surface area contributed by atoms with E-state index in [2.05, 4.69) is 65.8 Å². The summed E-state index contributed by atoms with van der Waals surface area (Å²) in [5.41, 5.74) is 6.60. The lowest BCUT2D eigenvalue weighted by atomic mass is 9.88. The largest absolute Gasteiger partial charge is 0.333 e. The summed E-state index contributed by atoms with van der Waals surface area (Å²) in [4.78, 5) is 15.3. The van der Waals surface area contributed by atoms with Crippen LogP contribution >= 0.6 is 0 Å². The third kappa shape index (κ3) is 2.16. The quantitative estimate of drug-likeness (QED) is 0.647. The second-order valence-corrected chi connectivity index (χ2v) is 7.77. The molecule has 2 atom stereocenters. The van der Waals surface area contributed by atoms with E-state index >= 15 is 0 Å². The lowest BCUT2D eigenvalue weighted by Crippen LogP contribution is -2.45. The van der Waals surface area contributed by atoms with Gasteiger partial charge in [0.2, 0.25) is 5.91 Å². The summed E-state index contributed by atoms with van der Waals surface area (Å²) in [5.74, 6) is 0.241. The molecule has 26 heavy (non-hydrogen) atoms. The van der Waals surface area contributed by atoms with Gasteiger partial charge < -0.3 is 9.47 Å². The van der Waals surface area contributed by atoms with Crippen molar-refractivity contribution >= 4 is 16.8 Å². The molecular weight excluding hydrogens is 320 g/mol. The number of aryl methyl sites for hydroxylation is 2. The van der Waals surface area contributed by atoms with Gasteiger partial charge in [0.1, 0.15) is 6.54 Å². The Bertz CT molecular complexity index is 1000. The van der Waals surface area contributed by atoms with Crippen molar-refractivity contribution in [3.63, 3.8) is 0 Å². The van der Waals surface area contributed by atoms with Crippen LogP contribution in [0.1, 0.15) is 54.2 Å². The maximum Gasteiger partial charge on any atom is 0.243 e. The third-order valence-corrected chi connectivity index (χ3v) is 6.20. The Balaban J connectivity index is 1.68. The molecule has 0 bridgehead atoms. The highest BCUT2D eigenvalue weighted by Crippen LogP contribution is 2.45. The molecule has 2 aromatic carbocycles. The Morgan fingerprint density at radius 1 is 1.12 bits per heavy atom. The van der Waals surface area contributed by atoms with Crippen LogP contribution in [0.3, 0.4) is 0 Å². The Labute approximate surface area is 154 Å². The summed E-state index contributed by atoms with van der Waals surface area (Å²) >= 11 is 0. The second kappa shape index (κ2) is 5.73. The second-order valence-electron chi connectivity index (χ2n) is 7.77. The molecule has 1 amide bonds. The van der Waals surface area contributed by atoms with Gasteiger partial charge in [-0.05, 0) is 56.4 Å². The first-order chi connectivity index (χ1) is 12.6. The Morgan fingerprint density at radius 2 is 1.92 bits per heavy atom. The van der Waals surface area contributed by atoms with Crippen molar-refractivity contribution in [3.8, 4) is 0 Å². The molecule has 0 spiro atoms. The van der Waals surface area contributed by atoms with Crippen molar-refractivity contribution in [2.45, 2.75) is 51.7 Å². The van der Waals surface area contributed by atoms with Crippen LogP contribution in [-0.4, -0.2) is 15.4 Å². The number of aromatic nitrogens is 1. The number of amides is 1. The summed E-state index contributed by atoms with van der Waals surface area (Å²) in [6.45, 7) is 4.78. The van der Waals surface area contributed by atoms with Crippen LogP contribution in [0.2, 0.25) is 0 Å². The summed E-state index contributed by atoms with van der Waals surface area (Å²) in [6.07, 6.45) is 3.34. The van der Waals surface area contributed by atoms with Gasteiger partial charge in [-0.3, -0.25) is 4.79 Å². The Morgan fingerprint density at radius 3 is 2.73 bits per heavy atom. The normalized spacial score (nSPS) is 20.3. The smallest absolute Gasteiger partial charge is 0.243 e. The number of benzene rings is 2. The monoisotopic (exact) mass is 344 g/mol. The number of fused-ring (bicyclic) bond motifs is 3. The number of carbonyl (C=O) groups excluding carboxylic acids is 1. The van der Waals surface area contributed by atoms with Crippen molar-refractivity contribution in [1.82, 2.24) is 9.47 Å². The first-order valence-electron chi connectivity index (χ1n) is 9.63. The highest BCUT2D eigenvalue weighted by atomic mass is 16.2. The fourth-order valence-electron chi connectivity index (χ4n) is 5.02. The predicted octanol–water partition coefficient (Wildman–Crippen LogP) is 4.93. The van der Waals surface area contributed by atoms with E-state index in [-0.39, 0.29) is 18.0 Å². The molecule has 3 nitrogen and oxygen atoms in total. The van der Waals surface area contributed by atoms with Gasteiger partial charge >= 0.3 is 0 Å². The standard InChI is InChI=1S/C23H24N2O/c1-15-11-12-20-19(13-15)18-9-6-10-21-23(18)24(20)14-22(26)25(21)16(2)17-7-4-3-5-8-17/h3-5,7-8,11-13,16,21H,6,9-10,14H2,1-2H3. The minimum Gasteiger partial charge on any atom is -0.333 e. The molecule has 0 N–H and O–H groups in total. The number of hydrogen-bond acceptors (Lipinski definition) is 1. The van der Waals surface area contributed by atoms with E-state index in [1.165, 1.54) is 33.3 Å². The first kappa shape index (κ1) is 15.7. The lowest BCUT2D eigenvalue weighted by molar-refractivity contribution is -0.139. The first-order valence-corrected chi connectivity index (χ1v) is 9.63. The van der Waals surface area contributed by atoms with Crippen LogP contribution in [0.25, 0.3) is 10.9 Å². The number of hydrogen-bond donors (Lipinski definition) is 0. The molecule has 0 fully saturated rings. The van der Waals surface area contributed by atoms with Crippen LogP contribution in [0.15, 0.2) is 48.5 Å². The predicted molar refractivity (Wildman–Crippen MR) is 104 cm³/mol. The van der Waals surface area contributed by atoms with Crippen molar-refractivity contribution in [1.29, 1.82) is 0 Å². The van der Waals surface area contributed by atoms with Crippen molar-refractivity contribution in [2.24, 2.45) is 0 Å². The van der Waals surface area contributed by atoms with Gasteiger partial charge in [-0.15, -0.1) is 0 Å². The maximum atomic E-state index is 13.2. The van der Waals surface area contributed by atoms with Gasteiger partial charge in [0.15, 0.2) is 0 Å². The molecule has 3 aromatic rings. The minimum atomic E-state index is 0.105. The van der Waals surface area contributed by atoms with Gasteiger partial charge in [0.25, 0.3) is 0 Å². The fourth-order valence-corrected chi connectivity index (χ4v) is 5.02. The number of carbonyl (C=O) groups is 1. The molecule has 2 aliphatic rings. The Kier molecular flexibility index (Phi) is 3.46. The van der Waals surface area contributed by atoms with E-state index in [1.54, 1.807) is 0 Å². The zero-order chi connectivity index (χ0) is 17.8. The molecule has 0 saturated heterocycles. The summed E-state index contributed by atoms with van der Waals surface area (Å²) in [7, 11) is 0. The fraction of sp³-hybridized carbons (Fsp3) is 0.348. The van der Waals surface area contributed by atoms with Crippen molar-refractivity contribution in [2.75, 3.05) is 0 Å². The van der Waals surface area contributed by atoms with Gasteiger partial charge in [0.05, 0.1) is 12.1 Å². The number of nitrogens with zero attached hydrogens (tertiary/aromatic N) is 2. The van der Waals surface area contributed by atoms with E-state index in [9.17, 15) is 4.79 Å². The topological polar surface area (TPSA) is 25.2 Å². The highest BCUT2D eigenvalue weighted by Gasteiger charge is 2.40. The average Bonchev–Trinajstić information content (AvgIpc) is 2.97. The van der Waals surface area contributed by atoms with Gasteiger partial charge in [0, 0.05) is 16.6 Å². The molecule has 0 radical (unpaired) electrons. The Hall–Kier alpha value is -2.55. The van der Waals surface area contributed by atoms with Gasteiger partial charge in [-0.2, -0.15) is 0 Å². The van der Waals surface area contributed by atoms with E-state index in [0.29, 0.717) is 6.54 Å². The molecule has 132 valence electrons. The van der Waals surface area contributed by atoms with E-state index in [1.807, 2.05) is 6.07 Å². The molecule has 5 rings (SSSR count). The molecule has 1 aliphatic carbocycles. The highest BCUT2D eigenvalue weighted by molar-refractivity contribution is 5.90. The van der Waals surface area contributed by atoms with Crippen LogP contribution in [-0.2, 0) is 17.8 Å². The minimum absolute atomic E-state index is 0.105. The molecule has 1 aliphatic heterocycles. The average molecular weight is 344 g/mol. The van der Waals surface area contributed by atoms with E-state index in [0.717, 1.165) is 19.3 Å². The molecule has 0 saturated carbocycles. The van der Waals surface area contributed by atoms with Crippen molar-refractivity contribution in [3.05, 3.63) is 70.9 Å². The molecular formula is C23H24N2O. The van der Waals surface area contributed by atoms with Gasteiger partial charge in [-0.1, -0.05) is 42.0 Å². The number of rotatable bonds is 2. The molecule has 2 heterocycles. The third-order valence-electron chi connectivity index (χ3n) is 6.20. The SMILES string of the molecule is Cc1ccc2c(c1)c1c3n2CC(=O)N(C(C)c2ccccc2)C3CCC1. The summed E-state index contributed by atoms with van der Waals surface area (Å²) in [6, 6.07) is 17.4. The zero-order valence-electron chi connectivity index (χ0n) is 15.4. The zero-order valence-corrected chi connectivity index (χ0v) is 15.4. The van der Waals surface area contributed by atoms with Crippen LogP contribution in [0, 0.1) is 6.92 Å². The molecule has 2 unspecified atom stereocenters. The van der Waals surface area contributed by atoms with Gasteiger partial charge in [-0.25, -0.2) is 0 Å². The molecule has 1 aromatic heterocycles. The van der Waals surface area contributed by atoms with Crippen LogP contribution < -0.4 is 0 Å². The van der Waals surface area contributed by atoms with Crippen LogP contribution in [0.4, 0.5) is 0 Å². The molecule has 3 heteroatoms.